The fourth-order valence-electron chi connectivity index (χ4n) is 4.07. The molecule has 2 N–H and O–H groups in total. The number of halogens is 1. The van der Waals surface area contributed by atoms with Crippen molar-refractivity contribution in [2.45, 2.75) is 52.0 Å². The fraction of sp³-hybridized carbons (Fsp3) is 0.423. The summed E-state index contributed by atoms with van der Waals surface area (Å²) < 4.78 is 1.54. The van der Waals surface area contributed by atoms with Gasteiger partial charge in [0.25, 0.3) is 11.5 Å². The summed E-state index contributed by atoms with van der Waals surface area (Å²) in [5.41, 5.74) is 7.82. The molecule has 0 aliphatic carbocycles. The highest BCUT2D eigenvalue weighted by atomic mass is 35.5. The van der Waals surface area contributed by atoms with Crippen molar-refractivity contribution in [3.05, 3.63) is 74.8 Å². The van der Waals surface area contributed by atoms with Gasteiger partial charge in [-0.2, -0.15) is 0 Å². The molecule has 7 heteroatoms. The van der Waals surface area contributed by atoms with Crippen LogP contribution in [-0.4, -0.2) is 33.4 Å². The van der Waals surface area contributed by atoms with Gasteiger partial charge in [-0.15, -0.1) is 0 Å². The van der Waals surface area contributed by atoms with Crippen molar-refractivity contribution < 1.29 is 4.79 Å². The van der Waals surface area contributed by atoms with E-state index in [4.69, 9.17) is 22.3 Å². The Morgan fingerprint density at radius 1 is 1.12 bits per heavy atom. The van der Waals surface area contributed by atoms with E-state index < -0.39 is 0 Å². The summed E-state index contributed by atoms with van der Waals surface area (Å²) >= 11 is 6.15. The van der Waals surface area contributed by atoms with Gasteiger partial charge >= 0.3 is 0 Å². The molecule has 33 heavy (non-hydrogen) atoms. The number of rotatable bonds is 10. The van der Waals surface area contributed by atoms with Gasteiger partial charge in [0.15, 0.2) is 0 Å². The molecule has 1 aromatic heterocycles. The molecule has 0 bridgehead atoms. The molecule has 1 atom stereocenters. The third kappa shape index (κ3) is 5.81. The smallest absolute Gasteiger partial charge is 0.261 e. The van der Waals surface area contributed by atoms with Crippen LogP contribution in [0.3, 0.4) is 0 Å². The van der Waals surface area contributed by atoms with Crippen LogP contribution in [0.4, 0.5) is 0 Å². The Morgan fingerprint density at radius 2 is 1.82 bits per heavy atom. The molecule has 0 saturated carbocycles. The first kappa shape index (κ1) is 24.9. The van der Waals surface area contributed by atoms with Crippen LogP contribution >= 0.6 is 11.6 Å². The maximum absolute atomic E-state index is 13.6. The molecule has 3 aromatic rings. The third-order valence-electron chi connectivity index (χ3n) is 6.14. The lowest BCUT2D eigenvalue weighted by atomic mass is 10.1. The Labute approximate surface area is 200 Å². The van der Waals surface area contributed by atoms with Gasteiger partial charge in [0.1, 0.15) is 5.82 Å². The Balaban J connectivity index is 1.97. The summed E-state index contributed by atoms with van der Waals surface area (Å²) in [6.07, 6.45) is 4.77. The van der Waals surface area contributed by atoms with Crippen LogP contribution in [0.5, 0.6) is 0 Å². The first-order valence-electron chi connectivity index (χ1n) is 11.6. The van der Waals surface area contributed by atoms with E-state index in [2.05, 4.69) is 6.92 Å². The van der Waals surface area contributed by atoms with Gasteiger partial charge in [-0.1, -0.05) is 43.5 Å². The summed E-state index contributed by atoms with van der Waals surface area (Å²) in [4.78, 5) is 33.1. The molecule has 0 spiro atoms. The zero-order valence-corrected chi connectivity index (χ0v) is 20.4. The van der Waals surface area contributed by atoms with E-state index in [-0.39, 0.29) is 17.5 Å². The standard InChI is InChI=1S/C26H33ClN4O2/c1-4-19-9-11-20(12-10-19)25(32)31(16-8-6-5-7-15-28)18(2)24-29-23-17-21(27)13-14-22(23)26(33)30(24)3/h9-14,17-18H,4-8,15-16,28H2,1-3H3. The summed E-state index contributed by atoms with van der Waals surface area (Å²) in [5.74, 6) is 0.472. The zero-order valence-electron chi connectivity index (χ0n) is 19.7. The maximum atomic E-state index is 13.6. The van der Waals surface area contributed by atoms with E-state index in [0.29, 0.717) is 40.4 Å². The van der Waals surface area contributed by atoms with Crippen molar-refractivity contribution in [3.63, 3.8) is 0 Å². The van der Waals surface area contributed by atoms with Crippen molar-refractivity contribution in [2.75, 3.05) is 13.1 Å². The number of unbranched alkanes of at least 4 members (excludes halogenated alkanes) is 3. The van der Waals surface area contributed by atoms with Gasteiger partial charge in [-0.3, -0.25) is 14.2 Å². The molecule has 6 nitrogen and oxygen atoms in total. The minimum Gasteiger partial charge on any atom is -0.330 e. The minimum absolute atomic E-state index is 0.0654. The van der Waals surface area contributed by atoms with Crippen LogP contribution in [0.2, 0.25) is 5.02 Å². The van der Waals surface area contributed by atoms with Gasteiger partial charge in [0, 0.05) is 24.2 Å². The van der Waals surface area contributed by atoms with Crippen LogP contribution in [-0.2, 0) is 13.5 Å². The average molecular weight is 469 g/mol. The molecule has 0 aliphatic heterocycles. The third-order valence-corrected chi connectivity index (χ3v) is 6.37. The van der Waals surface area contributed by atoms with Crippen molar-refractivity contribution >= 4 is 28.4 Å². The number of aromatic nitrogens is 2. The monoisotopic (exact) mass is 468 g/mol. The van der Waals surface area contributed by atoms with E-state index >= 15 is 0 Å². The molecule has 0 aliphatic rings. The highest BCUT2D eigenvalue weighted by Gasteiger charge is 2.26. The van der Waals surface area contributed by atoms with Crippen LogP contribution < -0.4 is 11.3 Å². The number of amides is 1. The van der Waals surface area contributed by atoms with Gasteiger partial charge in [-0.05, 0) is 68.6 Å². The van der Waals surface area contributed by atoms with E-state index in [1.807, 2.05) is 36.1 Å². The molecule has 0 radical (unpaired) electrons. The van der Waals surface area contributed by atoms with E-state index in [1.54, 1.807) is 25.2 Å². The Bertz CT molecular complexity index is 1160. The highest BCUT2D eigenvalue weighted by Crippen LogP contribution is 2.24. The molecule has 0 fully saturated rings. The molecule has 1 unspecified atom stereocenters. The summed E-state index contributed by atoms with van der Waals surface area (Å²) in [6.45, 7) is 5.26. The summed E-state index contributed by atoms with van der Waals surface area (Å²) in [5, 5.41) is 1.03. The number of nitrogens with two attached hydrogens (primary N) is 1. The number of carbonyl (C=O) groups is 1. The Kier molecular flexibility index (Phi) is 8.64. The quantitative estimate of drug-likeness (QED) is 0.430. The largest absolute Gasteiger partial charge is 0.330 e. The van der Waals surface area contributed by atoms with Gasteiger partial charge in [-0.25, -0.2) is 4.98 Å². The van der Waals surface area contributed by atoms with E-state index in [9.17, 15) is 9.59 Å². The molecular formula is C26H33ClN4O2. The van der Waals surface area contributed by atoms with Crippen LogP contribution in [0.25, 0.3) is 10.9 Å². The second kappa shape index (κ2) is 11.4. The number of nitrogens with zero attached hydrogens (tertiary/aromatic N) is 3. The second-order valence-corrected chi connectivity index (χ2v) is 8.86. The van der Waals surface area contributed by atoms with Gasteiger partial charge < -0.3 is 10.6 Å². The van der Waals surface area contributed by atoms with Gasteiger partial charge in [0.2, 0.25) is 0 Å². The number of fused-ring (bicyclic) bond motifs is 1. The van der Waals surface area contributed by atoms with E-state index in [1.165, 1.54) is 10.1 Å². The predicted molar refractivity (Wildman–Crippen MR) is 135 cm³/mol. The highest BCUT2D eigenvalue weighted by molar-refractivity contribution is 6.31. The number of benzene rings is 2. The minimum atomic E-state index is -0.390. The molecule has 2 aromatic carbocycles. The second-order valence-electron chi connectivity index (χ2n) is 8.42. The lowest BCUT2D eigenvalue weighted by Gasteiger charge is -2.30. The molecule has 1 heterocycles. The maximum Gasteiger partial charge on any atom is 0.261 e. The van der Waals surface area contributed by atoms with E-state index in [0.717, 1.165) is 32.1 Å². The average Bonchev–Trinajstić information content (AvgIpc) is 2.83. The van der Waals surface area contributed by atoms with Gasteiger partial charge in [0.05, 0.1) is 16.9 Å². The Hall–Kier alpha value is -2.70. The first-order chi connectivity index (χ1) is 15.9. The molecular weight excluding hydrogens is 436 g/mol. The predicted octanol–water partition coefficient (Wildman–Crippen LogP) is 4.87. The molecule has 0 saturated heterocycles. The van der Waals surface area contributed by atoms with Crippen molar-refractivity contribution in [1.82, 2.24) is 14.5 Å². The number of carbonyl (C=O) groups excluding carboxylic acids is 1. The van der Waals surface area contributed by atoms with Crippen molar-refractivity contribution in [2.24, 2.45) is 12.8 Å². The topological polar surface area (TPSA) is 81.2 Å². The Morgan fingerprint density at radius 3 is 2.48 bits per heavy atom. The molecule has 176 valence electrons. The number of aryl methyl sites for hydroxylation is 1. The van der Waals surface area contributed by atoms with Crippen molar-refractivity contribution in [1.29, 1.82) is 0 Å². The number of hydrogen-bond acceptors (Lipinski definition) is 4. The first-order valence-corrected chi connectivity index (χ1v) is 12.0. The van der Waals surface area contributed by atoms with Crippen LogP contribution in [0.1, 0.15) is 67.3 Å². The lowest BCUT2D eigenvalue weighted by Crippen LogP contribution is -2.38. The van der Waals surface area contributed by atoms with Crippen LogP contribution in [0, 0.1) is 0 Å². The summed E-state index contributed by atoms with van der Waals surface area (Å²) in [7, 11) is 1.70. The zero-order chi connectivity index (χ0) is 24.0. The fourth-order valence-corrected chi connectivity index (χ4v) is 4.24. The SMILES string of the molecule is CCc1ccc(C(=O)N(CCCCCCN)C(C)c2nc3cc(Cl)ccc3c(=O)n2C)cc1. The molecule has 3 rings (SSSR count). The molecule has 1 amide bonds. The summed E-state index contributed by atoms with van der Waals surface area (Å²) in [6, 6.07) is 12.4. The normalized spacial score (nSPS) is 12.2. The number of hydrogen-bond donors (Lipinski definition) is 1. The van der Waals surface area contributed by atoms with Crippen LogP contribution in [0.15, 0.2) is 47.3 Å². The van der Waals surface area contributed by atoms with Crippen molar-refractivity contribution in [3.8, 4) is 0 Å². The lowest BCUT2D eigenvalue weighted by molar-refractivity contribution is 0.0676.